The molecule has 0 bridgehead atoms. The van der Waals surface area contributed by atoms with Gasteiger partial charge in [0.2, 0.25) is 0 Å². The van der Waals surface area contributed by atoms with Crippen LogP contribution in [-0.2, 0) is 0 Å². The zero-order valence-electron chi connectivity index (χ0n) is 22.0. The summed E-state index contributed by atoms with van der Waals surface area (Å²) < 4.78 is 0. The number of carbonyl (C=O) groups is 2. The molecule has 3 aromatic carbocycles. The molecule has 204 valence electrons. The molecule has 3 N–H and O–H groups in total. The van der Waals surface area contributed by atoms with Gasteiger partial charge in [0, 0.05) is 32.4 Å². The Balaban J connectivity index is 1.29. The van der Waals surface area contributed by atoms with Crippen LogP contribution < -0.4 is 21.5 Å². The van der Waals surface area contributed by atoms with Crippen LogP contribution in [0.25, 0.3) is 0 Å². The number of carbonyl (C=O) groups excluding carboxylic acids is 2. The lowest BCUT2D eigenvalue weighted by atomic mass is 10.0. The number of nitrogens with zero attached hydrogens (tertiary/aromatic N) is 3. The van der Waals surface area contributed by atoms with E-state index in [0.717, 1.165) is 5.56 Å². The van der Waals surface area contributed by atoms with Crippen LogP contribution in [-0.4, -0.2) is 57.9 Å². The smallest absolute Gasteiger partial charge is 0.272 e. The fourth-order valence-corrected chi connectivity index (χ4v) is 4.82. The molecule has 1 fully saturated rings. The minimum atomic E-state index is -0.699. The Bertz CT molecular complexity index is 1590. The lowest BCUT2D eigenvalue weighted by molar-refractivity contribution is 0.0530. The number of rotatable bonds is 8. The Morgan fingerprint density at radius 2 is 1.50 bits per heavy atom. The molecule has 2 heterocycles. The Morgan fingerprint density at radius 3 is 2.15 bits per heavy atom. The average Bonchev–Trinajstić information content (AvgIpc) is 3.01. The minimum absolute atomic E-state index is 0.0425. The maximum absolute atomic E-state index is 13.3. The summed E-state index contributed by atoms with van der Waals surface area (Å²) in [4.78, 5) is 58.1. The molecule has 2 amide bonds. The standard InChI is InChI=1S/C30H29N5O5/c1-2-21(19-9-4-3-5-10-19)32-24-25(28(38)27(24)37)33-22-13-8-11-20(26(22)36)29(39)34-15-17-35(18-16-34)30(40)23-12-6-7-14-31-23/h3-14,21,32-33,36H,2,15-18H2,1H3/t21-/m1/s1. The van der Waals surface area contributed by atoms with E-state index in [0.29, 0.717) is 38.3 Å². The Hall–Kier alpha value is -4.99. The van der Waals surface area contributed by atoms with Gasteiger partial charge in [0.1, 0.15) is 17.1 Å². The molecular weight excluding hydrogens is 510 g/mol. The van der Waals surface area contributed by atoms with Crippen LogP contribution in [0, 0.1) is 0 Å². The van der Waals surface area contributed by atoms with Gasteiger partial charge in [0.05, 0.1) is 17.3 Å². The van der Waals surface area contributed by atoms with Crippen molar-refractivity contribution in [3.8, 4) is 5.75 Å². The molecular formula is C30H29N5O5. The van der Waals surface area contributed by atoms with Gasteiger partial charge in [0.25, 0.3) is 22.7 Å². The number of benzene rings is 2. The molecule has 4 aromatic rings. The van der Waals surface area contributed by atoms with Gasteiger partial charge in [-0.15, -0.1) is 0 Å². The summed E-state index contributed by atoms with van der Waals surface area (Å²) in [5.41, 5.74) is 0.362. The topological polar surface area (TPSA) is 132 Å². The molecule has 10 heteroatoms. The Labute approximate surface area is 230 Å². The molecule has 1 aromatic heterocycles. The predicted octanol–water partition coefficient (Wildman–Crippen LogP) is 3.29. The number of anilines is 3. The van der Waals surface area contributed by atoms with Gasteiger partial charge in [-0.1, -0.05) is 49.4 Å². The van der Waals surface area contributed by atoms with E-state index in [9.17, 15) is 24.3 Å². The van der Waals surface area contributed by atoms with Crippen molar-refractivity contribution in [3.05, 3.63) is 110 Å². The van der Waals surface area contributed by atoms with E-state index >= 15 is 0 Å². The van der Waals surface area contributed by atoms with Crippen LogP contribution in [0.2, 0.25) is 0 Å². The average molecular weight is 540 g/mol. The van der Waals surface area contributed by atoms with Gasteiger partial charge >= 0.3 is 0 Å². The van der Waals surface area contributed by atoms with E-state index in [1.807, 2.05) is 37.3 Å². The van der Waals surface area contributed by atoms with Crippen LogP contribution in [0.4, 0.5) is 17.1 Å². The van der Waals surface area contributed by atoms with Gasteiger partial charge in [-0.25, -0.2) is 0 Å². The maximum atomic E-state index is 13.3. The third-order valence-corrected chi connectivity index (χ3v) is 7.10. The van der Waals surface area contributed by atoms with Crippen LogP contribution in [0.15, 0.2) is 82.5 Å². The molecule has 0 spiro atoms. The van der Waals surface area contributed by atoms with Crippen molar-refractivity contribution >= 4 is 28.9 Å². The van der Waals surface area contributed by atoms with Crippen LogP contribution in [0.5, 0.6) is 5.75 Å². The Morgan fingerprint density at radius 1 is 0.850 bits per heavy atom. The third kappa shape index (κ3) is 5.15. The number of phenols is 1. The second-order valence-electron chi connectivity index (χ2n) is 9.55. The summed E-state index contributed by atoms with van der Waals surface area (Å²) in [6.07, 6.45) is 2.24. The fourth-order valence-electron chi connectivity index (χ4n) is 4.82. The first kappa shape index (κ1) is 26.6. The first-order valence-corrected chi connectivity index (χ1v) is 13.1. The van der Waals surface area contributed by atoms with Crippen LogP contribution in [0.1, 0.15) is 45.8 Å². The highest BCUT2D eigenvalue weighted by molar-refractivity contribution is 5.99. The predicted molar refractivity (Wildman–Crippen MR) is 152 cm³/mol. The molecule has 1 atom stereocenters. The number of hydrogen-bond donors (Lipinski definition) is 3. The maximum Gasteiger partial charge on any atom is 0.272 e. The van der Waals surface area contributed by atoms with Crippen molar-refractivity contribution in [1.82, 2.24) is 14.8 Å². The first-order chi connectivity index (χ1) is 19.4. The monoisotopic (exact) mass is 539 g/mol. The molecule has 1 aliphatic rings. The van der Waals surface area contributed by atoms with E-state index in [1.54, 1.807) is 40.3 Å². The van der Waals surface area contributed by atoms with E-state index in [1.165, 1.54) is 12.1 Å². The summed E-state index contributed by atoms with van der Waals surface area (Å²) in [6.45, 7) is 3.21. The first-order valence-electron chi connectivity index (χ1n) is 13.1. The summed E-state index contributed by atoms with van der Waals surface area (Å²) in [6, 6.07) is 19.2. The van der Waals surface area contributed by atoms with Gasteiger partial charge < -0.3 is 25.5 Å². The number of aromatic nitrogens is 1. The van der Waals surface area contributed by atoms with Gasteiger partial charge in [-0.2, -0.15) is 0 Å². The summed E-state index contributed by atoms with van der Waals surface area (Å²) in [7, 11) is 0. The summed E-state index contributed by atoms with van der Waals surface area (Å²) >= 11 is 0. The van der Waals surface area contributed by atoms with Crippen molar-refractivity contribution in [2.45, 2.75) is 19.4 Å². The van der Waals surface area contributed by atoms with Crippen molar-refractivity contribution in [2.24, 2.45) is 0 Å². The zero-order valence-corrected chi connectivity index (χ0v) is 22.0. The van der Waals surface area contributed by atoms with Gasteiger partial charge in [-0.3, -0.25) is 24.2 Å². The lowest BCUT2D eigenvalue weighted by Gasteiger charge is -2.34. The largest absolute Gasteiger partial charge is 0.505 e. The Kier molecular flexibility index (Phi) is 7.59. The van der Waals surface area contributed by atoms with E-state index in [-0.39, 0.29) is 40.3 Å². The van der Waals surface area contributed by atoms with E-state index in [4.69, 9.17) is 0 Å². The molecule has 0 saturated carbocycles. The second kappa shape index (κ2) is 11.4. The summed E-state index contributed by atoms with van der Waals surface area (Å²) in [5.74, 6) is -0.921. The van der Waals surface area contributed by atoms with Crippen molar-refractivity contribution < 1.29 is 14.7 Å². The fraction of sp³-hybridized carbons (Fsp3) is 0.233. The van der Waals surface area contributed by atoms with Crippen molar-refractivity contribution in [3.63, 3.8) is 0 Å². The number of pyridine rings is 1. The van der Waals surface area contributed by atoms with E-state index < -0.39 is 16.8 Å². The highest BCUT2D eigenvalue weighted by atomic mass is 16.3. The van der Waals surface area contributed by atoms with Gasteiger partial charge in [-0.05, 0) is 36.2 Å². The molecule has 1 aliphatic heterocycles. The highest BCUT2D eigenvalue weighted by Crippen LogP contribution is 2.33. The van der Waals surface area contributed by atoms with E-state index in [2.05, 4.69) is 15.6 Å². The van der Waals surface area contributed by atoms with Crippen LogP contribution >= 0.6 is 0 Å². The van der Waals surface area contributed by atoms with Crippen molar-refractivity contribution in [1.29, 1.82) is 0 Å². The minimum Gasteiger partial charge on any atom is -0.505 e. The quantitative estimate of drug-likeness (QED) is 0.230. The SMILES string of the molecule is CC[C@@H](Nc1c(Nc2cccc(C(=O)N3CCN(C(=O)c4ccccn4)CC3)c2O)c(=O)c1=O)c1ccccc1. The molecule has 40 heavy (non-hydrogen) atoms. The van der Waals surface area contributed by atoms with Crippen molar-refractivity contribution in [2.75, 3.05) is 36.8 Å². The summed E-state index contributed by atoms with van der Waals surface area (Å²) in [5, 5.41) is 17.0. The number of piperazine rings is 1. The third-order valence-electron chi connectivity index (χ3n) is 7.10. The molecule has 0 aliphatic carbocycles. The zero-order chi connectivity index (χ0) is 28.2. The number of amides is 2. The number of para-hydroxylation sites is 1. The molecule has 10 nitrogen and oxygen atoms in total. The highest BCUT2D eigenvalue weighted by Gasteiger charge is 2.29. The number of nitrogens with one attached hydrogen (secondary N) is 2. The van der Waals surface area contributed by atoms with Crippen LogP contribution in [0.3, 0.4) is 0 Å². The molecule has 5 rings (SSSR count). The number of hydrogen-bond acceptors (Lipinski definition) is 8. The lowest BCUT2D eigenvalue weighted by Crippen LogP contribution is -2.50. The molecule has 1 saturated heterocycles. The second-order valence-corrected chi connectivity index (χ2v) is 9.55. The molecule has 0 unspecified atom stereocenters. The van der Waals surface area contributed by atoms with Gasteiger partial charge in [0.15, 0.2) is 5.75 Å². The number of aromatic hydroxyl groups is 1. The number of phenolic OH excluding ortho intramolecular Hbond substituents is 1. The normalized spacial score (nSPS) is 14.1. The molecule has 0 radical (unpaired) electrons.